The molecule has 2 N–H and O–H groups in total. The Bertz CT molecular complexity index is 265. The van der Waals surface area contributed by atoms with Crippen molar-refractivity contribution >= 4 is 12.4 Å². The minimum absolute atomic E-state index is 0. The average Bonchev–Trinajstić information content (AvgIpc) is 2.54. The van der Waals surface area contributed by atoms with Crippen LogP contribution in [0, 0.1) is 0 Å². The molecular weight excluding hydrogens is 198 g/mol. The smallest absolute Gasteiger partial charge is 0.119 e. The van der Waals surface area contributed by atoms with E-state index in [2.05, 4.69) is 0 Å². The molecule has 1 fully saturated rings. The van der Waals surface area contributed by atoms with E-state index in [0.717, 1.165) is 18.6 Å². The third kappa shape index (κ3) is 2.63. The molecule has 1 aromatic rings. The molecule has 1 saturated carbocycles. The molecule has 1 aliphatic rings. The van der Waals surface area contributed by atoms with E-state index in [1.807, 2.05) is 30.3 Å². The first kappa shape index (κ1) is 11.3. The zero-order valence-electron chi connectivity index (χ0n) is 8.06. The summed E-state index contributed by atoms with van der Waals surface area (Å²) >= 11 is 0. The molecule has 2 nitrogen and oxygen atoms in total. The van der Waals surface area contributed by atoms with Crippen molar-refractivity contribution in [3.05, 3.63) is 30.3 Å². The van der Waals surface area contributed by atoms with Gasteiger partial charge in [0.1, 0.15) is 11.9 Å². The summed E-state index contributed by atoms with van der Waals surface area (Å²) in [6.45, 7) is 0. The van der Waals surface area contributed by atoms with E-state index in [1.165, 1.54) is 6.42 Å². The molecule has 0 unspecified atom stereocenters. The first-order valence-electron chi connectivity index (χ1n) is 4.83. The van der Waals surface area contributed by atoms with Gasteiger partial charge in [-0.05, 0) is 31.4 Å². The van der Waals surface area contributed by atoms with Gasteiger partial charge in [0, 0.05) is 6.04 Å². The number of rotatable bonds is 2. The second-order valence-electron chi connectivity index (χ2n) is 3.56. The van der Waals surface area contributed by atoms with Crippen LogP contribution in [0.2, 0.25) is 0 Å². The van der Waals surface area contributed by atoms with Crippen LogP contribution >= 0.6 is 12.4 Å². The third-order valence-corrected chi connectivity index (χ3v) is 2.53. The summed E-state index contributed by atoms with van der Waals surface area (Å²) in [5.41, 5.74) is 5.90. The number of hydrogen-bond acceptors (Lipinski definition) is 2. The number of nitrogens with two attached hydrogens (primary N) is 1. The van der Waals surface area contributed by atoms with Crippen LogP contribution in [-0.4, -0.2) is 12.1 Å². The van der Waals surface area contributed by atoms with E-state index >= 15 is 0 Å². The molecule has 0 aromatic heterocycles. The van der Waals surface area contributed by atoms with Crippen LogP contribution in [0.4, 0.5) is 0 Å². The van der Waals surface area contributed by atoms with Crippen LogP contribution in [0.3, 0.4) is 0 Å². The van der Waals surface area contributed by atoms with E-state index in [1.54, 1.807) is 0 Å². The Morgan fingerprint density at radius 3 is 2.43 bits per heavy atom. The van der Waals surface area contributed by atoms with E-state index in [4.69, 9.17) is 10.5 Å². The molecule has 1 aliphatic carbocycles. The van der Waals surface area contributed by atoms with Crippen molar-refractivity contribution in [1.82, 2.24) is 0 Å². The maximum absolute atomic E-state index is 5.90. The zero-order valence-corrected chi connectivity index (χ0v) is 8.87. The lowest BCUT2D eigenvalue weighted by Gasteiger charge is -2.17. The van der Waals surface area contributed by atoms with E-state index < -0.39 is 0 Å². The molecular formula is C11H16ClNO. The fourth-order valence-electron chi connectivity index (χ4n) is 1.77. The average molecular weight is 214 g/mol. The quantitative estimate of drug-likeness (QED) is 0.819. The summed E-state index contributed by atoms with van der Waals surface area (Å²) in [4.78, 5) is 0. The fourth-order valence-corrected chi connectivity index (χ4v) is 1.77. The second-order valence-corrected chi connectivity index (χ2v) is 3.56. The molecule has 3 heteroatoms. The Morgan fingerprint density at radius 2 is 1.86 bits per heavy atom. The van der Waals surface area contributed by atoms with Crippen LogP contribution in [0.1, 0.15) is 19.3 Å². The Kier molecular flexibility index (Phi) is 4.23. The maximum Gasteiger partial charge on any atom is 0.119 e. The minimum Gasteiger partial charge on any atom is -0.489 e. The number of benzene rings is 1. The first-order chi connectivity index (χ1) is 6.36. The van der Waals surface area contributed by atoms with Crippen molar-refractivity contribution in [3.63, 3.8) is 0 Å². The van der Waals surface area contributed by atoms with Gasteiger partial charge in [0.05, 0.1) is 0 Å². The van der Waals surface area contributed by atoms with E-state index in [-0.39, 0.29) is 24.6 Å². The van der Waals surface area contributed by atoms with Crippen molar-refractivity contribution in [2.45, 2.75) is 31.4 Å². The van der Waals surface area contributed by atoms with Crippen molar-refractivity contribution < 1.29 is 4.74 Å². The molecule has 14 heavy (non-hydrogen) atoms. The van der Waals surface area contributed by atoms with Crippen LogP contribution < -0.4 is 10.5 Å². The largest absolute Gasteiger partial charge is 0.489 e. The predicted octanol–water partition coefficient (Wildman–Crippen LogP) is 2.37. The van der Waals surface area contributed by atoms with Gasteiger partial charge in [-0.3, -0.25) is 0 Å². The van der Waals surface area contributed by atoms with Crippen molar-refractivity contribution in [1.29, 1.82) is 0 Å². The standard InChI is InChI=1S/C11H15NO.ClH/c12-10-7-4-8-11(10)13-9-5-2-1-3-6-9;/h1-3,5-6,10-11H,4,7-8,12H2;1H/t10-,11+;/m1./s1. The molecule has 2 rings (SSSR count). The van der Waals surface area contributed by atoms with Gasteiger partial charge < -0.3 is 10.5 Å². The normalized spacial score (nSPS) is 25.5. The summed E-state index contributed by atoms with van der Waals surface area (Å²) in [5.74, 6) is 0.935. The first-order valence-corrected chi connectivity index (χ1v) is 4.83. The Labute approximate surface area is 90.9 Å². The Balaban J connectivity index is 0.000000980. The molecule has 2 atom stereocenters. The minimum atomic E-state index is 0. The number of para-hydroxylation sites is 1. The second kappa shape index (κ2) is 5.23. The van der Waals surface area contributed by atoms with Crippen LogP contribution in [-0.2, 0) is 0 Å². The van der Waals surface area contributed by atoms with Crippen molar-refractivity contribution in [2.75, 3.05) is 0 Å². The molecule has 0 bridgehead atoms. The predicted molar refractivity (Wildman–Crippen MR) is 59.9 cm³/mol. The number of ether oxygens (including phenoxy) is 1. The molecule has 0 spiro atoms. The highest BCUT2D eigenvalue weighted by molar-refractivity contribution is 5.85. The van der Waals surface area contributed by atoms with Crippen molar-refractivity contribution in [2.24, 2.45) is 5.73 Å². The molecule has 0 aliphatic heterocycles. The summed E-state index contributed by atoms with van der Waals surface area (Å²) in [6, 6.07) is 10.1. The molecule has 1 aromatic carbocycles. The van der Waals surface area contributed by atoms with Gasteiger partial charge in [-0.15, -0.1) is 12.4 Å². The molecule has 0 heterocycles. The van der Waals surface area contributed by atoms with E-state index in [0.29, 0.717) is 0 Å². The van der Waals surface area contributed by atoms with Crippen LogP contribution in [0.15, 0.2) is 30.3 Å². The lowest BCUT2D eigenvalue weighted by molar-refractivity contribution is 0.191. The molecule has 0 saturated heterocycles. The Hall–Kier alpha value is -0.730. The highest BCUT2D eigenvalue weighted by Crippen LogP contribution is 2.22. The van der Waals surface area contributed by atoms with Gasteiger partial charge in [0.2, 0.25) is 0 Å². The van der Waals surface area contributed by atoms with Gasteiger partial charge in [0.15, 0.2) is 0 Å². The molecule has 0 amide bonds. The molecule has 0 radical (unpaired) electrons. The van der Waals surface area contributed by atoms with Gasteiger partial charge in [-0.1, -0.05) is 18.2 Å². The van der Waals surface area contributed by atoms with Gasteiger partial charge in [-0.25, -0.2) is 0 Å². The third-order valence-electron chi connectivity index (χ3n) is 2.53. The highest BCUT2D eigenvalue weighted by Gasteiger charge is 2.25. The number of halogens is 1. The van der Waals surface area contributed by atoms with Crippen molar-refractivity contribution in [3.8, 4) is 5.75 Å². The molecule has 78 valence electrons. The summed E-state index contributed by atoms with van der Waals surface area (Å²) in [6.07, 6.45) is 3.61. The SMILES string of the molecule is Cl.N[C@@H]1CCC[C@@H]1Oc1ccccc1. The Morgan fingerprint density at radius 1 is 1.14 bits per heavy atom. The van der Waals surface area contributed by atoms with Crippen LogP contribution in [0.25, 0.3) is 0 Å². The topological polar surface area (TPSA) is 35.2 Å². The van der Waals surface area contributed by atoms with Gasteiger partial charge in [0.25, 0.3) is 0 Å². The highest BCUT2D eigenvalue weighted by atomic mass is 35.5. The summed E-state index contributed by atoms with van der Waals surface area (Å²) in [7, 11) is 0. The fraction of sp³-hybridized carbons (Fsp3) is 0.455. The van der Waals surface area contributed by atoms with Crippen LogP contribution in [0.5, 0.6) is 5.75 Å². The summed E-state index contributed by atoms with van der Waals surface area (Å²) < 4.78 is 5.76. The van der Waals surface area contributed by atoms with Gasteiger partial charge >= 0.3 is 0 Å². The van der Waals surface area contributed by atoms with Gasteiger partial charge in [-0.2, -0.15) is 0 Å². The maximum atomic E-state index is 5.90. The monoisotopic (exact) mass is 213 g/mol. The zero-order chi connectivity index (χ0) is 9.10. The van der Waals surface area contributed by atoms with E-state index in [9.17, 15) is 0 Å². The number of hydrogen-bond donors (Lipinski definition) is 1. The lowest BCUT2D eigenvalue weighted by Crippen LogP contribution is -2.33. The summed E-state index contributed by atoms with van der Waals surface area (Å²) in [5, 5.41) is 0. The lowest BCUT2D eigenvalue weighted by atomic mass is 10.2.